The molecule has 0 bridgehead atoms. The molecule has 0 aliphatic rings. The van der Waals surface area contributed by atoms with E-state index in [2.05, 4.69) is 10.3 Å². The molecule has 1 aromatic heterocycles. The van der Waals surface area contributed by atoms with Gasteiger partial charge < -0.3 is 5.32 Å². The molecule has 0 saturated carbocycles. The number of nitrogens with zero attached hydrogens (tertiary/aromatic N) is 2. The van der Waals surface area contributed by atoms with E-state index >= 15 is 0 Å². The average molecular weight is 353 g/mol. The van der Waals surface area contributed by atoms with Crippen molar-refractivity contribution in [2.75, 3.05) is 6.26 Å². The Labute approximate surface area is 150 Å². The van der Waals surface area contributed by atoms with E-state index in [-0.39, 0.29) is 24.1 Å². The molecule has 0 aliphatic heterocycles. The molecule has 0 aliphatic carbocycles. The van der Waals surface area contributed by atoms with Gasteiger partial charge >= 0.3 is 0 Å². The topological polar surface area (TPSA) is 64.0 Å². The lowest BCUT2D eigenvalue weighted by Gasteiger charge is -2.15. The zero-order chi connectivity index (χ0) is 17.8. The second-order valence-electron chi connectivity index (χ2n) is 5.76. The first-order valence-electron chi connectivity index (χ1n) is 7.96. The standard InChI is InChI=1S/C19H19N3O2S/c1-13(14-7-9-15(25-2)10-8-14)21-18(23)11-22-12-20-17-6-4-3-5-16(17)19(22)24/h3-10,12-13H,11H2,1-2H3,(H,21,23). The van der Waals surface area contributed by atoms with Crippen LogP contribution in [0.1, 0.15) is 18.5 Å². The molecular weight excluding hydrogens is 334 g/mol. The van der Waals surface area contributed by atoms with Gasteiger partial charge in [0.15, 0.2) is 0 Å². The van der Waals surface area contributed by atoms with Gasteiger partial charge in [0.25, 0.3) is 5.56 Å². The van der Waals surface area contributed by atoms with Crippen molar-refractivity contribution >= 4 is 28.6 Å². The minimum atomic E-state index is -0.222. The lowest BCUT2D eigenvalue weighted by molar-refractivity contribution is -0.122. The molecule has 6 heteroatoms. The van der Waals surface area contributed by atoms with Crippen molar-refractivity contribution in [3.8, 4) is 0 Å². The second-order valence-corrected chi connectivity index (χ2v) is 6.64. The number of thioether (sulfide) groups is 1. The Bertz CT molecular complexity index is 951. The number of hydrogen-bond donors (Lipinski definition) is 1. The molecular formula is C19H19N3O2S. The highest BCUT2D eigenvalue weighted by atomic mass is 32.2. The number of fused-ring (bicyclic) bond motifs is 1. The summed E-state index contributed by atoms with van der Waals surface area (Å²) in [6, 6.07) is 15.0. The van der Waals surface area contributed by atoms with Crippen LogP contribution in [0.15, 0.2) is 64.5 Å². The first-order valence-corrected chi connectivity index (χ1v) is 9.18. The van der Waals surface area contributed by atoms with Gasteiger partial charge in [0, 0.05) is 4.90 Å². The molecule has 1 heterocycles. The highest BCUT2D eigenvalue weighted by Crippen LogP contribution is 2.18. The van der Waals surface area contributed by atoms with Crippen molar-refractivity contribution in [1.29, 1.82) is 0 Å². The van der Waals surface area contributed by atoms with E-state index in [1.165, 1.54) is 15.8 Å². The molecule has 5 nitrogen and oxygen atoms in total. The molecule has 1 amide bonds. The van der Waals surface area contributed by atoms with Crippen molar-refractivity contribution in [3.63, 3.8) is 0 Å². The molecule has 3 rings (SSSR count). The largest absolute Gasteiger partial charge is 0.348 e. The molecule has 1 unspecified atom stereocenters. The van der Waals surface area contributed by atoms with Gasteiger partial charge in [-0.25, -0.2) is 4.98 Å². The zero-order valence-corrected chi connectivity index (χ0v) is 14.9. The number of benzene rings is 2. The molecule has 3 aromatic rings. The van der Waals surface area contributed by atoms with E-state index in [1.807, 2.05) is 43.5 Å². The molecule has 2 aromatic carbocycles. The van der Waals surface area contributed by atoms with Crippen LogP contribution in [0, 0.1) is 0 Å². The van der Waals surface area contributed by atoms with Gasteiger partial charge in [-0.15, -0.1) is 11.8 Å². The number of nitrogens with one attached hydrogen (secondary N) is 1. The van der Waals surface area contributed by atoms with Gasteiger partial charge in [-0.3, -0.25) is 14.2 Å². The van der Waals surface area contributed by atoms with Crippen LogP contribution in [0.3, 0.4) is 0 Å². The monoisotopic (exact) mass is 353 g/mol. The van der Waals surface area contributed by atoms with E-state index in [0.29, 0.717) is 10.9 Å². The van der Waals surface area contributed by atoms with Crippen molar-refractivity contribution in [1.82, 2.24) is 14.9 Å². The summed E-state index contributed by atoms with van der Waals surface area (Å²) < 4.78 is 1.33. The van der Waals surface area contributed by atoms with E-state index in [1.54, 1.807) is 30.0 Å². The third kappa shape index (κ3) is 3.91. The molecule has 1 N–H and O–H groups in total. The van der Waals surface area contributed by atoms with Crippen LogP contribution in [0.25, 0.3) is 10.9 Å². The molecule has 0 saturated heterocycles. The fourth-order valence-electron chi connectivity index (χ4n) is 2.64. The average Bonchev–Trinajstić information content (AvgIpc) is 2.64. The van der Waals surface area contributed by atoms with Crippen molar-refractivity contribution in [2.45, 2.75) is 24.4 Å². The molecule has 1 atom stereocenters. The SMILES string of the molecule is CSc1ccc(C(C)NC(=O)Cn2cnc3ccccc3c2=O)cc1. The van der Waals surface area contributed by atoms with Gasteiger partial charge in [0.1, 0.15) is 6.54 Å². The van der Waals surface area contributed by atoms with Gasteiger partial charge in [0.05, 0.1) is 23.3 Å². The minimum Gasteiger partial charge on any atom is -0.348 e. The number of aromatic nitrogens is 2. The number of amides is 1. The fourth-order valence-corrected chi connectivity index (χ4v) is 3.04. The fraction of sp³-hybridized carbons (Fsp3) is 0.211. The Morgan fingerprint density at radius 2 is 1.92 bits per heavy atom. The predicted octanol–water partition coefficient (Wildman–Crippen LogP) is 3.00. The van der Waals surface area contributed by atoms with Crippen LogP contribution in [-0.2, 0) is 11.3 Å². The second kappa shape index (κ2) is 7.53. The minimum absolute atomic E-state index is 0.0517. The maximum atomic E-state index is 12.4. The summed E-state index contributed by atoms with van der Waals surface area (Å²) >= 11 is 1.68. The highest BCUT2D eigenvalue weighted by Gasteiger charge is 2.12. The van der Waals surface area contributed by atoms with Gasteiger partial charge in [-0.05, 0) is 43.0 Å². The third-order valence-corrected chi connectivity index (χ3v) is 4.78. The first kappa shape index (κ1) is 17.2. The number of carbonyl (C=O) groups excluding carboxylic acids is 1. The summed E-state index contributed by atoms with van der Waals surface area (Å²) in [5.74, 6) is -0.222. The van der Waals surface area contributed by atoms with Crippen LogP contribution in [0.4, 0.5) is 0 Å². The summed E-state index contributed by atoms with van der Waals surface area (Å²) in [7, 11) is 0. The van der Waals surface area contributed by atoms with Crippen LogP contribution >= 0.6 is 11.8 Å². The van der Waals surface area contributed by atoms with Crippen LogP contribution in [0.5, 0.6) is 0 Å². The van der Waals surface area contributed by atoms with Crippen LogP contribution in [0.2, 0.25) is 0 Å². The van der Waals surface area contributed by atoms with Crippen LogP contribution < -0.4 is 10.9 Å². The van der Waals surface area contributed by atoms with Gasteiger partial charge in [-0.2, -0.15) is 0 Å². The van der Waals surface area contributed by atoms with Crippen LogP contribution in [-0.4, -0.2) is 21.7 Å². The molecule has 0 spiro atoms. The summed E-state index contributed by atoms with van der Waals surface area (Å²) in [5.41, 5.74) is 1.44. The zero-order valence-electron chi connectivity index (χ0n) is 14.1. The summed E-state index contributed by atoms with van der Waals surface area (Å²) in [4.78, 5) is 30.1. The van der Waals surface area contributed by atoms with E-state index in [4.69, 9.17) is 0 Å². The van der Waals surface area contributed by atoms with Crippen molar-refractivity contribution in [2.24, 2.45) is 0 Å². The summed E-state index contributed by atoms with van der Waals surface area (Å²) in [6.07, 6.45) is 3.44. The molecule has 128 valence electrons. The Kier molecular flexibility index (Phi) is 5.19. The number of rotatable bonds is 5. The lowest BCUT2D eigenvalue weighted by Crippen LogP contribution is -2.33. The van der Waals surface area contributed by atoms with E-state index in [0.717, 1.165) is 5.56 Å². The first-order chi connectivity index (χ1) is 12.1. The Balaban J connectivity index is 1.71. The quantitative estimate of drug-likeness (QED) is 0.716. The van der Waals surface area contributed by atoms with Crippen molar-refractivity contribution < 1.29 is 4.79 Å². The maximum Gasteiger partial charge on any atom is 0.261 e. The highest BCUT2D eigenvalue weighted by molar-refractivity contribution is 7.98. The summed E-state index contributed by atoms with van der Waals surface area (Å²) in [6.45, 7) is 1.87. The van der Waals surface area contributed by atoms with Crippen molar-refractivity contribution in [3.05, 3.63) is 70.8 Å². The number of para-hydroxylation sites is 1. The number of carbonyl (C=O) groups is 1. The maximum absolute atomic E-state index is 12.4. The molecule has 0 radical (unpaired) electrons. The lowest BCUT2D eigenvalue weighted by atomic mass is 10.1. The van der Waals surface area contributed by atoms with Gasteiger partial charge in [0.2, 0.25) is 5.91 Å². The molecule has 25 heavy (non-hydrogen) atoms. The van der Waals surface area contributed by atoms with Gasteiger partial charge in [-0.1, -0.05) is 24.3 Å². The third-order valence-electron chi connectivity index (χ3n) is 4.04. The van der Waals surface area contributed by atoms with E-state index < -0.39 is 0 Å². The summed E-state index contributed by atoms with van der Waals surface area (Å²) in [5, 5.41) is 3.44. The Hall–Kier alpha value is -2.60. The normalized spacial score (nSPS) is 12.1. The Morgan fingerprint density at radius 1 is 1.20 bits per heavy atom. The van der Waals surface area contributed by atoms with E-state index in [9.17, 15) is 9.59 Å². The Morgan fingerprint density at radius 3 is 2.64 bits per heavy atom. The predicted molar refractivity (Wildman–Crippen MR) is 101 cm³/mol. The smallest absolute Gasteiger partial charge is 0.261 e. The number of hydrogen-bond acceptors (Lipinski definition) is 4. The molecule has 0 fully saturated rings.